The van der Waals surface area contributed by atoms with E-state index in [2.05, 4.69) is 14.8 Å². The van der Waals surface area contributed by atoms with E-state index in [4.69, 9.17) is 14.5 Å². The number of rotatable bonds is 3. The Morgan fingerprint density at radius 1 is 0.923 bits per heavy atom. The number of morpholine rings is 1. The molecule has 26 heavy (non-hydrogen) atoms. The molecule has 3 aliphatic rings. The highest BCUT2D eigenvalue weighted by Crippen LogP contribution is 2.21. The maximum absolute atomic E-state index is 12.7. The topological polar surface area (TPSA) is 71.0 Å². The largest absolute Gasteiger partial charge is 0.381 e. The quantitative estimate of drug-likeness (QED) is 0.771. The molecule has 8 nitrogen and oxygen atoms in total. The summed E-state index contributed by atoms with van der Waals surface area (Å²) < 4.78 is 10.8. The van der Waals surface area contributed by atoms with Gasteiger partial charge >= 0.3 is 0 Å². The van der Waals surface area contributed by atoms with E-state index in [1.54, 1.807) is 0 Å². The van der Waals surface area contributed by atoms with Crippen LogP contribution in [-0.4, -0.2) is 86.5 Å². The van der Waals surface area contributed by atoms with Gasteiger partial charge in [0.2, 0.25) is 11.9 Å². The van der Waals surface area contributed by atoms with Crippen molar-refractivity contribution in [3.05, 3.63) is 12.3 Å². The smallest absolute Gasteiger partial charge is 0.227 e. The number of piperazine rings is 1. The van der Waals surface area contributed by atoms with Gasteiger partial charge in [0.1, 0.15) is 5.82 Å². The number of aromatic nitrogens is 2. The van der Waals surface area contributed by atoms with Crippen molar-refractivity contribution in [2.45, 2.75) is 12.8 Å². The number of carbonyl (C=O) groups is 1. The molecule has 0 aliphatic carbocycles. The standard InChI is InChI=1S/C18H27N5O3/c24-17(15-2-11-25-12-3-15)22-7-5-21(6-8-22)16-1-4-19-18(20-16)23-9-13-26-14-10-23/h1,4,15H,2-3,5-14H2. The average molecular weight is 361 g/mol. The predicted octanol–water partition coefficient (Wildman–Crippen LogP) is 0.388. The molecule has 142 valence electrons. The van der Waals surface area contributed by atoms with E-state index in [1.807, 2.05) is 17.2 Å². The zero-order chi connectivity index (χ0) is 17.8. The Morgan fingerprint density at radius 3 is 2.35 bits per heavy atom. The van der Waals surface area contributed by atoms with Gasteiger partial charge in [-0.15, -0.1) is 0 Å². The van der Waals surface area contributed by atoms with Crippen LogP contribution in [0, 0.1) is 5.92 Å². The molecule has 0 bridgehead atoms. The van der Waals surface area contributed by atoms with Crippen molar-refractivity contribution < 1.29 is 14.3 Å². The molecule has 0 atom stereocenters. The predicted molar refractivity (Wildman–Crippen MR) is 97.4 cm³/mol. The molecule has 8 heteroatoms. The molecule has 0 radical (unpaired) electrons. The first-order chi connectivity index (χ1) is 12.8. The van der Waals surface area contributed by atoms with Gasteiger partial charge in [-0.2, -0.15) is 4.98 Å². The third-order valence-corrected chi connectivity index (χ3v) is 5.41. The second-order valence-corrected chi connectivity index (χ2v) is 7.01. The van der Waals surface area contributed by atoms with E-state index in [0.29, 0.717) is 19.1 Å². The first kappa shape index (κ1) is 17.5. The molecular formula is C18H27N5O3. The summed E-state index contributed by atoms with van der Waals surface area (Å²) in [5.74, 6) is 2.15. The van der Waals surface area contributed by atoms with Crippen LogP contribution in [0.15, 0.2) is 12.3 Å². The zero-order valence-electron chi connectivity index (χ0n) is 15.2. The second kappa shape index (κ2) is 8.18. The Kier molecular flexibility index (Phi) is 5.50. The van der Waals surface area contributed by atoms with Gasteiger partial charge in [-0.3, -0.25) is 4.79 Å². The van der Waals surface area contributed by atoms with E-state index < -0.39 is 0 Å². The highest BCUT2D eigenvalue weighted by atomic mass is 16.5. The number of hydrogen-bond acceptors (Lipinski definition) is 7. The molecule has 3 fully saturated rings. The monoisotopic (exact) mass is 361 g/mol. The average Bonchev–Trinajstić information content (AvgIpc) is 2.75. The molecule has 1 aromatic rings. The first-order valence-corrected chi connectivity index (χ1v) is 9.58. The Balaban J connectivity index is 1.35. The SMILES string of the molecule is O=C(C1CCOCC1)N1CCN(c2ccnc(N3CCOCC3)n2)CC1. The third kappa shape index (κ3) is 3.91. The molecule has 0 saturated carbocycles. The second-order valence-electron chi connectivity index (χ2n) is 7.01. The van der Waals surface area contributed by atoms with E-state index in [-0.39, 0.29) is 5.92 Å². The van der Waals surface area contributed by atoms with Gasteiger partial charge in [-0.25, -0.2) is 4.98 Å². The van der Waals surface area contributed by atoms with Crippen LogP contribution < -0.4 is 9.80 Å². The summed E-state index contributed by atoms with van der Waals surface area (Å²) in [4.78, 5) is 28.3. The Hall–Kier alpha value is -1.93. The number of anilines is 2. The van der Waals surface area contributed by atoms with Crippen LogP contribution in [0.25, 0.3) is 0 Å². The van der Waals surface area contributed by atoms with E-state index >= 15 is 0 Å². The van der Waals surface area contributed by atoms with Crippen molar-refractivity contribution in [3.8, 4) is 0 Å². The summed E-state index contributed by atoms with van der Waals surface area (Å²) in [6.07, 6.45) is 3.54. The molecular weight excluding hydrogens is 334 g/mol. The van der Waals surface area contributed by atoms with Crippen molar-refractivity contribution in [1.29, 1.82) is 0 Å². The molecule has 4 rings (SSSR count). The Labute approximate surface area is 154 Å². The van der Waals surface area contributed by atoms with Crippen LogP contribution in [-0.2, 0) is 14.3 Å². The summed E-state index contributed by atoms with van der Waals surface area (Å²) in [6.45, 7) is 7.67. The summed E-state index contributed by atoms with van der Waals surface area (Å²) >= 11 is 0. The number of amides is 1. The van der Waals surface area contributed by atoms with Crippen molar-refractivity contribution in [3.63, 3.8) is 0 Å². The molecule has 1 amide bonds. The fourth-order valence-corrected chi connectivity index (χ4v) is 3.79. The number of ether oxygens (including phenoxy) is 2. The van der Waals surface area contributed by atoms with E-state index in [0.717, 1.165) is 77.1 Å². The number of carbonyl (C=O) groups excluding carboxylic acids is 1. The van der Waals surface area contributed by atoms with Gasteiger partial charge in [-0.05, 0) is 18.9 Å². The van der Waals surface area contributed by atoms with Crippen molar-refractivity contribution >= 4 is 17.7 Å². The van der Waals surface area contributed by atoms with Crippen LogP contribution in [0.2, 0.25) is 0 Å². The maximum Gasteiger partial charge on any atom is 0.227 e. The molecule has 0 N–H and O–H groups in total. The van der Waals surface area contributed by atoms with Gasteiger partial charge < -0.3 is 24.2 Å². The van der Waals surface area contributed by atoms with Crippen LogP contribution in [0.5, 0.6) is 0 Å². The van der Waals surface area contributed by atoms with Gasteiger partial charge in [0.25, 0.3) is 0 Å². The minimum atomic E-state index is 0.141. The molecule has 0 aromatic carbocycles. The molecule has 1 aromatic heterocycles. The summed E-state index contributed by atoms with van der Waals surface area (Å²) in [7, 11) is 0. The lowest BCUT2D eigenvalue weighted by Crippen LogP contribution is -2.51. The number of hydrogen-bond donors (Lipinski definition) is 0. The molecule has 0 unspecified atom stereocenters. The number of nitrogens with zero attached hydrogens (tertiary/aromatic N) is 5. The fraction of sp³-hybridized carbons (Fsp3) is 0.722. The lowest BCUT2D eigenvalue weighted by atomic mass is 9.98. The summed E-state index contributed by atoms with van der Waals surface area (Å²) in [6, 6.07) is 1.96. The normalized spacial score (nSPS) is 22.5. The fourth-order valence-electron chi connectivity index (χ4n) is 3.79. The third-order valence-electron chi connectivity index (χ3n) is 5.41. The summed E-state index contributed by atoms with van der Waals surface area (Å²) in [5.41, 5.74) is 0. The minimum Gasteiger partial charge on any atom is -0.381 e. The van der Waals surface area contributed by atoms with Crippen LogP contribution in [0.4, 0.5) is 11.8 Å². The highest BCUT2D eigenvalue weighted by molar-refractivity contribution is 5.79. The van der Waals surface area contributed by atoms with Gasteiger partial charge in [0.05, 0.1) is 13.2 Å². The highest BCUT2D eigenvalue weighted by Gasteiger charge is 2.29. The van der Waals surface area contributed by atoms with E-state index in [9.17, 15) is 4.79 Å². The molecule has 4 heterocycles. The molecule has 3 saturated heterocycles. The lowest BCUT2D eigenvalue weighted by Gasteiger charge is -2.38. The zero-order valence-corrected chi connectivity index (χ0v) is 15.2. The van der Waals surface area contributed by atoms with Crippen LogP contribution in [0.1, 0.15) is 12.8 Å². The summed E-state index contributed by atoms with van der Waals surface area (Å²) in [5, 5.41) is 0. The van der Waals surface area contributed by atoms with E-state index in [1.165, 1.54) is 0 Å². The van der Waals surface area contributed by atoms with Crippen molar-refractivity contribution in [2.24, 2.45) is 5.92 Å². The van der Waals surface area contributed by atoms with Crippen molar-refractivity contribution in [2.75, 3.05) is 75.5 Å². The maximum atomic E-state index is 12.7. The van der Waals surface area contributed by atoms with Crippen molar-refractivity contribution in [1.82, 2.24) is 14.9 Å². The molecule has 0 spiro atoms. The Bertz CT molecular complexity index is 609. The lowest BCUT2D eigenvalue weighted by molar-refractivity contribution is -0.138. The van der Waals surface area contributed by atoms with Crippen LogP contribution in [0.3, 0.4) is 0 Å². The minimum absolute atomic E-state index is 0.141. The van der Waals surface area contributed by atoms with Gasteiger partial charge in [0.15, 0.2) is 0 Å². The molecule has 3 aliphatic heterocycles. The van der Waals surface area contributed by atoms with Gasteiger partial charge in [-0.1, -0.05) is 0 Å². The van der Waals surface area contributed by atoms with Gasteiger partial charge in [0, 0.05) is 64.6 Å². The Morgan fingerprint density at radius 2 is 1.62 bits per heavy atom. The van der Waals surface area contributed by atoms with Crippen LogP contribution >= 0.6 is 0 Å². The first-order valence-electron chi connectivity index (χ1n) is 9.58.